The van der Waals surface area contributed by atoms with E-state index in [1.165, 1.54) is 0 Å². The zero-order valence-corrected chi connectivity index (χ0v) is 10.7. The fourth-order valence-corrected chi connectivity index (χ4v) is 1.92. The van der Waals surface area contributed by atoms with Gasteiger partial charge in [-0.15, -0.1) is 0 Å². The quantitative estimate of drug-likeness (QED) is 0.669. The van der Waals surface area contributed by atoms with E-state index in [9.17, 15) is 0 Å². The molecule has 0 aliphatic heterocycles. The molecule has 0 saturated heterocycles. The molecule has 0 amide bonds. The van der Waals surface area contributed by atoms with Gasteiger partial charge in [-0.2, -0.15) is 0 Å². The highest BCUT2D eigenvalue weighted by atomic mass is 28.4. The van der Waals surface area contributed by atoms with Gasteiger partial charge in [0.15, 0.2) is 0 Å². The Balaban J connectivity index is 2.79. The second kappa shape index (κ2) is 3.77. The molecule has 0 atom stereocenters. The van der Waals surface area contributed by atoms with Gasteiger partial charge in [-0.25, -0.2) is 0 Å². The van der Waals surface area contributed by atoms with Crippen LogP contribution in [0.4, 0.5) is 0 Å². The monoisotopic (exact) mass is 207 g/mol. The molecule has 0 aliphatic rings. The lowest BCUT2D eigenvalue weighted by atomic mass is 10.2. The average molecular weight is 207 g/mol. The standard InChI is InChI=1S/C12H19OSi/c1-12(2,3)14(4,5)13-11-9-7-6-8-10-11/h7-10H,1-5H3. The Labute approximate surface area is 88.2 Å². The van der Waals surface area contributed by atoms with Crippen molar-refractivity contribution in [3.05, 3.63) is 30.3 Å². The maximum Gasteiger partial charge on any atom is 0.250 e. The molecule has 2 heteroatoms. The zero-order chi connectivity index (χ0) is 10.8. The second-order valence-corrected chi connectivity index (χ2v) is 9.82. The summed E-state index contributed by atoms with van der Waals surface area (Å²) in [5, 5.41) is 0.257. The molecule has 0 aliphatic carbocycles. The Hall–Kier alpha value is -0.763. The Morgan fingerprint density at radius 2 is 1.64 bits per heavy atom. The predicted molar refractivity (Wildman–Crippen MR) is 63.1 cm³/mol. The highest BCUT2D eigenvalue weighted by molar-refractivity contribution is 6.74. The van der Waals surface area contributed by atoms with Gasteiger partial charge in [-0.05, 0) is 36.3 Å². The van der Waals surface area contributed by atoms with Crippen LogP contribution in [0.2, 0.25) is 18.1 Å². The minimum atomic E-state index is -1.66. The normalized spacial score (nSPS) is 12.6. The first-order valence-electron chi connectivity index (χ1n) is 4.98. The van der Waals surface area contributed by atoms with Crippen molar-refractivity contribution in [2.45, 2.75) is 38.9 Å². The van der Waals surface area contributed by atoms with Gasteiger partial charge in [0.1, 0.15) is 5.75 Å². The largest absolute Gasteiger partial charge is 0.544 e. The number of benzene rings is 1. The predicted octanol–water partition coefficient (Wildman–Crippen LogP) is 3.87. The molecule has 0 fully saturated rings. The molecule has 1 nitrogen and oxygen atoms in total. The maximum atomic E-state index is 6.09. The Morgan fingerprint density at radius 3 is 2.07 bits per heavy atom. The summed E-state index contributed by atoms with van der Waals surface area (Å²) in [5.74, 6) is 0.968. The van der Waals surface area contributed by atoms with Crippen LogP contribution in [0.5, 0.6) is 5.75 Å². The summed E-state index contributed by atoms with van der Waals surface area (Å²) in [5.41, 5.74) is 0. The van der Waals surface area contributed by atoms with E-state index in [2.05, 4.69) is 39.9 Å². The van der Waals surface area contributed by atoms with Gasteiger partial charge in [-0.3, -0.25) is 0 Å². The third-order valence-electron chi connectivity index (χ3n) is 2.87. The molecule has 0 aromatic heterocycles. The van der Waals surface area contributed by atoms with Crippen LogP contribution in [0.1, 0.15) is 20.8 Å². The molecular formula is C12H19OSi. The lowest BCUT2D eigenvalue weighted by Gasteiger charge is -2.36. The van der Waals surface area contributed by atoms with Crippen molar-refractivity contribution in [3.8, 4) is 5.75 Å². The zero-order valence-electron chi connectivity index (χ0n) is 9.72. The Morgan fingerprint density at radius 1 is 1.14 bits per heavy atom. The molecule has 77 valence electrons. The fourth-order valence-electron chi connectivity index (χ4n) is 0.887. The molecule has 0 unspecified atom stereocenters. The maximum absolute atomic E-state index is 6.09. The molecule has 0 saturated carbocycles. The van der Waals surface area contributed by atoms with Crippen LogP contribution in [0, 0.1) is 6.07 Å². The van der Waals surface area contributed by atoms with E-state index in [4.69, 9.17) is 4.43 Å². The molecule has 14 heavy (non-hydrogen) atoms. The first-order chi connectivity index (χ1) is 6.33. The third-order valence-corrected chi connectivity index (χ3v) is 7.23. The first-order valence-corrected chi connectivity index (χ1v) is 7.89. The van der Waals surface area contributed by atoms with E-state index in [-0.39, 0.29) is 5.04 Å². The van der Waals surface area contributed by atoms with Crippen LogP contribution in [-0.2, 0) is 0 Å². The van der Waals surface area contributed by atoms with Gasteiger partial charge in [0.05, 0.1) is 0 Å². The van der Waals surface area contributed by atoms with Crippen LogP contribution in [0.3, 0.4) is 0 Å². The van der Waals surface area contributed by atoms with Crippen LogP contribution >= 0.6 is 0 Å². The number of hydrogen-bond acceptors (Lipinski definition) is 1. The van der Waals surface area contributed by atoms with Gasteiger partial charge in [0.25, 0.3) is 0 Å². The molecule has 0 bridgehead atoms. The molecule has 1 rings (SSSR count). The van der Waals surface area contributed by atoms with Crippen molar-refractivity contribution in [2.75, 3.05) is 0 Å². The van der Waals surface area contributed by atoms with E-state index in [1.54, 1.807) is 0 Å². The Bertz CT molecular complexity index is 285. The van der Waals surface area contributed by atoms with E-state index in [0.717, 1.165) is 5.75 Å². The summed E-state index contributed by atoms with van der Waals surface area (Å²) in [7, 11) is -1.66. The molecular weight excluding hydrogens is 188 g/mol. The summed E-state index contributed by atoms with van der Waals surface area (Å²) in [6.07, 6.45) is 0. The average Bonchev–Trinajstić information content (AvgIpc) is 2.03. The molecule has 1 aromatic carbocycles. The molecule has 1 radical (unpaired) electrons. The summed E-state index contributed by atoms with van der Waals surface area (Å²) < 4.78 is 6.09. The lowest BCUT2D eigenvalue weighted by Crippen LogP contribution is -2.43. The summed E-state index contributed by atoms with van der Waals surface area (Å²) in [6, 6.07) is 10.7. The molecule has 0 spiro atoms. The van der Waals surface area contributed by atoms with Crippen LogP contribution in [-0.4, -0.2) is 8.32 Å². The summed E-state index contributed by atoms with van der Waals surface area (Å²) in [6.45, 7) is 11.2. The molecule has 1 aromatic rings. The van der Waals surface area contributed by atoms with Crippen molar-refractivity contribution < 1.29 is 4.43 Å². The van der Waals surface area contributed by atoms with Gasteiger partial charge < -0.3 is 4.43 Å². The third kappa shape index (κ3) is 2.61. The summed E-state index contributed by atoms with van der Waals surface area (Å²) in [4.78, 5) is 0. The minimum absolute atomic E-state index is 0.257. The smallest absolute Gasteiger partial charge is 0.250 e. The van der Waals surface area contributed by atoms with Gasteiger partial charge in [-0.1, -0.05) is 32.9 Å². The van der Waals surface area contributed by atoms with Crippen LogP contribution in [0.25, 0.3) is 0 Å². The molecule has 0 N–H and O–H groups in total. The van der Waals surface area contributed by atoms with Crippen LogP contribution in [0.15, 0.2) is 24.3 Å². The summed E-state index contributed by atoms with van der Waals surface area (Å²) >= 11 is 0. The highest BCUT2D eigenvalue weighted by Crippen LogP contribution is 2.37. The van der Waals surface area contributed by atoms with E-state index in [0.29, 0.717) is 0 Å². The lowest BCUT2D eigenvalue weighted by molar-refractivity contribution is 0.492. The van der Waals surface area contributed by atoms with Gasteiger partial charge in [0, 0.05) is 0 Å². The van der Waals surface area contributed by atoms with Gasteiger partial charge >= 0.3 is 0 Å². The second-order valence-electron chi connectivity index (χ2n) is 5.10. The fraction of sp³-hybridized carbons (Fsp3) is 0.500. The van der Waals surface area contributed by atoms with Crippen molar-refractivity contribution in [1.82, 2.24) is 0 Å². The highest BCUT2D eigenvalue weighted by Gasteiger charge is 2.38. The number of hydrogen-bond donors (Lipinski definition) is 0. The van der Waals surface area contributed by atoms with E-state index < -0.39 is 8.32 Å². The van der Waals surface area contributed by atoms with Gasteiger partial charge in [0.2, 0.25) is 8.32 Å². The molecule has 0 heterocycles. The number of rotatable bonds is 2. The van der Waals surface area contributed by atoms with Crippen molar-refractivity contribution in [3.63, 3.8) is 0 Å². The Kier molecular flexibility index (Phi) is 3.05. The minimum Gasteiger partial charge on any atom is -0.544 e. The SMILES string of the molecule is CC(C)(C)[Si](C)(C)Oc1cc[c]cc1. The van der Waals surface area contributed by atoms with Crippen molar-refractivity contribution in [2.24, 2.45) is 0 Å². The van der Waals surface area contributed by atoms with Crippen molar-refractivity contribution in [1.29, 1.82) is 0 Å². The van der Waals surface area contributed by atoms with E-state index in [1.807, 2.05) is 24.3 Å². The first kappa shape index (κ1) is 11.3. The van der Waals surface area contributed by atoms with Crippen LogP contribution < -0.4 is 4.43 Å². The van der Waals surface area contributed by atoms with E-state index >= 15 is 0 Å². The topological polar surface area (TPSA) is 9.23 Å². The van der Waals surface area contributed by atoms with Crippen molar-refractivity contribution >= 4 is 8.32 Å².